The number of hydrogen-bond acceptors (Lipinski definition) is 3. The van der Waals surface area contributed by atoms with Gasteiger partial charge in [-0.1, -0.05) is 0 Å². The van der Waals surface area contributed by atoms with E-state index in [4.69, 9.17) is 9.47 Å². The van der Waals surface area contributed by atoms with Crippen LogP contribution in [0.4, 0.5) is 8.78 Å². The highest BCUT2D eigenvalue weighted by Gasteiger charge is 2.25. The van der Waals surface area contributed by atoms with Crippen molar-refractivity contribution < 1.29 is 23.0 Å². The van der Waals surface area contributed by atoms with Gasteiger partial charge in [0.25, 0.3) is 5.91 Å². The van der Waals surface area contributed by atoms with E-state index in [-0.39, 0.29) is 18.6 Å². The molecule has 0 aliphatic carbocycles. The van der Waals surface area contributed by atoms with Gasteiger partial charge < -0.3 is 14.4 Å². The number of benzene rings is 2. The Hall–Kier alpha value is -2.47. The Morgan fingerprint density at radius 2 is 1.85 bits per heavy atom. The Balaban J connectivity index is 1.58. The number of rotatable bonds is 5. The molecule has 0 bridgehead atoms. The van der Waals surface area contributed by atoms with Crippen LogP contribution in [0.5, 0.6) is 5.75 Å². The molecular weight excluding hydrogens is 340 g/mol. The number of halogens is 2. The maximum Gasteiger partial charge on any atom is 0.253 e. The lowest BCUT2D eigenvalue weighted by molar-refractivity contribution is -0.00686. The van der Waals surface area contributed by atoms with Gasteiger partial charge in [-0.25, -0.2) is 8.78 Å². The minimum Gasteiger partial charge on any atom is -0.497 e. The molecule has 1 saturated heterocycles. The quantitative estimate of drug-likeness (QED) is 0.813. The summed E-state index contributed by atoms with van der Waals surface area (Å²) in [6, 6.07) is 10.3. The molecule has 1 aliphatic heterocycles. The van der Waals surface area contributed by atoms with Crippen molar-refractivity contribution in [1.82, 2.24) is 4.90 Å². The molecular formula is C20H21F2NO3. The van der Waals surface area contributed by atoms with Crippen LogP contribution in [0.1, 0.15) is 28.8 Å². The van der Waals surface area contributed by atoms with Gasteiger partial charge in [0.15, 0.2) is 0 Å². The van der Waals surface area contributed by atoms with Crippen molar-refractivity contribution in [3.05, 3.63) is 65.2 Å². The predicted octanol–water partition coefficient (Wildman–Crippen LogP) is 3.79. The van der Waals surface area contributed by atoms with Crippen LogP contribution >= 0.6 is 0 Å². The molecule has 2 aromatic rings. The third-order valence-electron chi connectivity index (χ3n) is 4.41. The zero-order valence-corrected chi connectivity index (χ0v) is 14.6. The molecule has 0 aromatic heterocycles. The molecule has 0 N–H and O–H groups in total. The maximum absolute atomic E-state index is 13.2. The van der Waals surface area contributed by atoms with Crippen LogP contribution in [-0.2, 0) is 11.3 Å². The van der Waals surface area contributed by atoms with Crippen molar-refractivity contribution >= 4 is 5.91 Å². The van der Waals surface area contributed by atoms with E-state index in [2.05, 4.69) is 0 Å². The average molecular weight is 361 g/mol. The van der Waals surface area contributed by atoms with E-state index in [0.717, 1.165) is 18.9 Å². The highest BCUT2D eigenvalue weighted by molar-refractivity contribution is 5.94. The minimum atomic E-state index is -0.622. The van der Waals surface area contributed by atoms with Gasteiger partial charge in [-0.3, -0.25) is 4.79 Å². The van der Waals surface area contributed by atoms with E-state index in [1.807, 2.05) is 0 Å². The zero-order chi connectivity index (χ0) is 18.5. The standard InChI is InChI=1S/C20H21F2NO3/c1-25-18-6-4-15(5-7-18)20(24)23-8-2-3-19(12-23)26-13-14-9-16(21)11-17(22)10-14/h4-7,9-11,19H,2-3,8,12-13H2,1H3. The van der Waals surface area contributed by atoms with E-state index < -0.39 is 11.6 Å². The molecule has 6 heteroatoms. The van der Waals surface area contributed by atoms with Crippen LogP contribution in [0, 0.1) is 11.6 Å². The smallest absolute Gasteiger partial charge is 0.253 e. The summed E-state index contributed by atoms with van der Waals surface area (Å²) in [5.41, 5.74) is 1.04. The first-order valence-electron chi connectivity index (χ1n) is 8.55. The van der Waals surface area contributed by atoms with Gasteiger partial charge in [0.05, 0.1) is 19.8 Å². The first kappa shape index (κ1) is 18.3. The lowest BCUT2D eigenvalue weighted by Gasteiger charge is -2.32. The van der Waals surface area contributed by atoms with Gasteiger partial charge in [-0.2, -0.15) is 0 Å². The predicted molar refractivity (Wildman–Crippen MR) is 93.1 cm³/mol. The summed E-state index contributed by atoms with van der Waals surface area (Å²) >= 11 is 0. The summed E-state index contributed by atoms with van der Waals surface area (Å²) in [7, 11) is 1.58. The lowest BCUT2D eigenvalue weighted by atomic mass is 10.1. The fourth-order valence-corrected chi connectivity index (χ4v) is 3.08. The summed E-state index contributed by atoms with van der Waals surface area (Å²) in [5.74, 6) is -0.603. The molecule has 3 rings (SSSR count). The first-order chi connectivity index (χ1) is 12.5. The summed E-state index contributed by atoms with van der Waals surface area (Å²) in [5, 5.41) is 0. The number of amides is 1. The zero-order valence-electron chi connectivity index (χ0n) is 14.6. The van der Waals surface area contributed by atoms with Crippen molar-refractivity contribution in [3.63, 3.8) is 0 Å². The molecule has 1 amide bonds. The summed E-state index contributed by atoms with van der Waals surface area (Å²) < 4.78 is 37.4. The number of piperidine rings is 1. The minimum absolute atomic E-state index is 0.0576. The van der Waals surface area contributed by atoms with Crippen molar-refractivity contribution in [3.8, 4) is 5.75 Å². The number of ether oxygens (including phenoxy) is 2. The van der Waals surface area contributed by atoms with Crippen molar-refractivity contribution in [1.29, 1.82) is 0 Å². The number of likely N-dealkylation sites (tertiary alicyclic amines) is 1. The normalized spacial score (nSPS) is 17.2. The Kier molecular flexibility index (Phi) is 5.83. The Labute approximate surface area is 151 Å². The molecule has 0 radical (unpaired) electrons. The summed E-state index contributed by atoms with van der Waals surface area (Å²) in [4.78, 5) is 14.4. The second-order valence-corrected chi connectivity index (χ2v) is 6.33. The SMILES string of the molecule is COc1ccc(C(=O)N2CCCC(OCc3cc(F)cc(F)c3)C2)cc1. The van der Waals surface area contributed by atoms with Crippen molar-refractivity contribution in [2.24, 2.45) is 0 Å². The molecule has 0 spiro atoms. The molecule has 26 heavy (non-hydrogen) atoms. The topological polar surface area (TPSA) is 38.8 Å². The van der Waals surface area contributed by atoms with E-state index in [9.17, 15) is 13.6 Å². The van der Waals surface area contributed by atoms with Gasteiger partial charge in [-0.15, -0.1) is 0 Å². The van der Waals surface area contributed by atoms with Gasteiger partial charge in [0.2, 0.25) is 0 Å². The molecule has 138 valence electrons. The largest absolute Gasteiger partial charge is 0.497 e. The van der Waals surface area contributed by atoms with Crippen LogP contribution < -0.4 is 4.74 Å². The van der Waals surface area contributed by atoms with Gasteiger partial charge in [0, 0.05) is 24.7 Å². The molecule has 1 fully saturated rings. The lowest BCUT2D eigenvalue weighted by Crippen LogP contribution is -2.43. The molecule has 0 saturated carbocycles. The number of carbonyl (C=O) groups is 1. The van der Waals surface area contributed by atoms with Gasteiger partial charge in [-0.05, 0) is 54.8 Å². The molecule has 1 heterocycles. The van der Waals surface area contributed by atoms with Gasteiger partial charge >= 0.3 is 0 Å². The molecule has 4 nitrogen and oxygen atoms in total. The molecule has 2 aromatic carbocycles. The average Bonchev–Trinajstić information content (AvgIpc) is 2.65. The third-order valence-corrected chi connectivity index (χ3v) is 4.41. The van der Waals surface area contributed by atoms with E-state index in [1.165, 1.54) is 12.1 Å². The van der Waals surface area contributed by atoms with E-state index in [1.54, 1.807) is 36.3 Å². The molecule has 1 atom stereocenters. The molecule has 1 unspecified atom stereocenters. The highest BCUT2D eigenvalue weighted by Crippen LogP contribution is 2.19. The van der Waals surface area contributed by atoms with Crippen molar-refractivity contribution in [2.75, 3.05) is 20.2 Å². The maximum atomic E-state index is 13.2. The fourth-order valence-electron chi connectivity index (χ4n) is 3.08. The fraction of sp³-hybridized carbons (Fsp3) is 0.350. The first-order valence-corrected chi connectivity index (χ1v) is 8.55. The van der Waals surface area contributed by atoms with E-state index >= 15 is 0 Å². The highest BCUT2D eigenvalue weighted by atomic mass is 19.1. The van der Waals surface area contributed by atoms with Crippen LogP contribution in [0.2, 0.25) is 0 Å². The Morgan fingerprint density at radius 3 is 2.50 bits per heavy atom. The van der Waals surface area contributed by atoms with Crippen LogP contribution in [0.15, 0.2) is 42.5 Å². The second kappa shape index (κ2) is 8.27. The second-order valence-electron chi connectivity index (χ2n) is 6.33. The van der Waals surface area contributed by atoms with Crippen LogP contribution in [0.25, 0.3) is 0 Å². The van der Waals surface area contributed by atoms with Crippen LogP contribution in [0.3, 0.4) is 0 Å². The number of nitrogens with zero attached hydrogens (tertiary/aromatic N) is 1. The summed E-state index contributed by atoms with van der Waals surface area (Å²) in [6.07, 6.45) is 1.48. The molecule has 1 aliphatic rings. The Bertz CT molecular complexity index is 744. The number of methoxy groups -OCH3 is 1. The van der Waals surface area contributed by atoms with Gasteiger partial charge in [0.1, 0.15) is 17.4 Å². The number of hydrogen-bond donors (Lipinski definition) is 0. The van der Waals surface area contributed by atoms with Crippen LogP contribution in [-0.4, -0.2) is 37.1 Å². The van der Waals surface area contributed by atoms with Crippen molar-refractivity contribution in [2.45, 2.75) is 25.6 Å². The Morgan fingerprint density at radius 1 is 1.15 bits per heavy atom. The number of carbonyl (C=O) groups excluding carboxylic acids is 1. The van der Waals surface area contributed by atoms with E-state index in [0.29, 0.717) is 30.0 Å². The monoisotopic (exact) mass is 361 g/mol. The summed E-state index contributed by atoms with van der Waals surface area (Å²) in [6.45, 7) is 1.24. The third kappa shape index (κ3) is 4.58.